The van der Waals surface area contributed by atoms with Gasteiger partial charge in [-0.2, -0.15) is 0 Å². The lowest BCUT2D eigenvalue weighted by Gasteiger charge is -2.25. The zero-order valence-electron chi connectivity index (χ0n) is 12.3. The van der Waals surface area contributed by atoms with Gasteiger partial charge in [0.15, 0.2) is 0 Å². The van der Waals surface area contributed by atoms with Crippen molar-refractivity contribution in [2.24, 2.45) is 5.92 Å². The molecule has 1 aliphatic heterocycles. The Balaban J connectivity index is 1.85. The summed E-state index contributed by atoms with van der Waals surface area (Å²) in [6, 6.07) is -0.292. The van der Waals surface area contributed by atoms with Gasteiger partial charge in [-0.25, -0.2) is 0 Å². The van der Waals surface area contributed by atoms with E-state index in [1.165, 1.54) is 0 Å². The Morgan fingerprint density at radius 1 is 1.14 bits per heavy atom. The average Bonchev–Trinajstić information content (AvgIpc) is 2.86. The summed E-state index contributed by atoms with van der Waals surface area (Å²) >= 11 is 0. The summed E-state index contributed by atoms with van der Waals surface area (Å²) in [6.07, 6.45) is 6.64. The van der Waals surface area contributed by atoms with Gasteiger partial charge in [-0.1, -0.05) is 19.3 Å². The molecule has 1 heterocycles. The maximum Gasteiger partial charge on any atom is 0.308 e. The van der Waals surface area contributed by atoms with Gasteiger partial charge in [-0.05, 0) is 25.7 Å². The lowest BCUT2D eigenvalue weighted by atomic mass is 10.0. The van der Waals surface area contributed by atoms with Crippen LogP contribution in [-0.4, -0.2) is 46.9 Å². The van der Waals surface area contributed by atoms with Gasteiger partial charge in [0.25, 0.3) is 0 Å². The molecular formula is C15H24N2O4. The highest BCUT2D eigenvalue weighted by Gasteiger charge is 2.34. The molecule has 21 heavy (non-hydrogen) atoms. The quantitative estimate of drug-likeness (QED) is 0.814. The molecule has 0 bridgehead atoms. The lowest BCUT2D eigenvalue weighted by molar-refractivity contribution is -0.143. The number of rotatable bonds is 4. The number of carboxylic acid groups (broad SMARTS) is 1. The van der Waals surface area contributed by atoms with Crippen LogP contribution in [0, 0.1) is 5.92 Å². The van der Waals surface area contributed by atoms with E-state index in [4.69, 9.17) is 5.11 Å². The highest BCUT2D eigenvalue weighted by atomic mass is 16.4. The Bertz CT molecular complexity index is 410. The molecule has 0 aromatic heterocycles. The topological polar surface area (TPSA) is 86.7 Å². The highest BCUT2D eigenvalue weighted by Crippen LogP contribution is 2.25. The van der Waals surface area contributed by atoms with Crippen LogP contribution in [0.4, 0.5) is 0 Å². The number of aliphatic carboxylic acids is 1. The standard InChI is InChI=1S/C15H24N2O4/c18-13(16-12-7-5-6-11(12)15(20)21)10-17-9-4-2-1-3-8-14(17)19/h11-12H,1-10H2,(H,16,18)(H,20,21)/t11-,12+/m1/s1. The number of likely N-dealkylation sites (tertiary alicyclic amines) is 1. The maximum absolute atomic E-state index is 12.1. The van der Waals surface area contributed by atoms with Gasteiger partial charge in [-0.3, -0.25) is 14.4 Å². The van der Waals surface area contributed by atoms with Crippen molar-refractivity contribution >= 4 is 17.8 Å². The van der Waals surface area contributed by atoms with Crippen LogP contribution in [0.1, 0.15) is 51.4 Å². The average molecular weight is 296 g/mol. The number of carbonyl (C=O) groups is 3. The van der Waals surface area contributed by atoms with Crippen LogP contribution in [0.5, 0.6) is 0 Å². The van der Waals surface area contributed by atoms with Crippen molar-refractivity contribution in [2.45, 2.75) is 57.4 Å². The second-order valence-electron chi connectivity index (χ2n) is 6.03. The zero-order chi connectivity index (χ0) is 15.2. The minimum atomic E-state index is -0.847. The van der Waals surface area contributed by atoms with Gasteiger partial charge in [0, 0.05) is 19.0 Å². The van der Waals surface area contributed by atoms with Gasteiger partial charge >= 0.3 is 5.97 Å². The Morgan fingerprint density at radius 2 is 1.90 bits per heavy atom. The Hall–Kier alpha value is -1.59. The fraction of sp³-hybridized carbons (Fsp3) is 0.800. The molecule has 6 heteroatoms. The van der Waals surface area contributed by atoms with Crippen molar-refractivity contribution in [1.29, 1.82) is 0 Å². The molecule has 118 valence electrons. The number of nitrogens with zero attached hydrogens (tertiary/aromatic N) is 1. The maximum atomic E-state index is 12.1. The zero-order valence-corrected chi connectivity index (χ0v) is 12.3. The Morgan fingerprint density at radius 3 is 2.67 bits per heavy atom. The number of nitrogens with one attached hydrogen (secondary N) is 1. The molecule has 1 saturated carbocycles. The van der Waals surface area contributed by atoms with Gasteiger partial charge in [0.1, 0.15) is 0 Å². The summed E-state index contributed by atoms with van der Waals surface area (Å²) in [5, 5.41) is 11.9. The highest BCUT2D eigenvalue weighted by molar-refractivity contribution is 5.85. The van der Waals surface area contributed by atoms with Gasteiger partial charge in [0.05, 0.1) is 12.5 Å². The van der Waals surface area contributed by atoms with Gasteiger partial charge in [-0.15, -0.1) is 0 Å². The second-order valence-corrected chi connectivity index (χ2v) is 6.03. The minimum Gasteiger partial charge on any atom is -0.481 e. The molecule has 2 N–H and O–H groups in total. The van der Waals surface area contributed by atoms with Crippen LogP contribution in [0.3, 0.4) is 0 Å². The fourth-order valence-corrected chi connectivity index (χ4v) is 3.24. The predicted octanol–water partition coefficient (Wildman–Crippen LogP) is 1.15. The van der Waals surface area contributed by atoms with Gasteiger partial charge < -0.3 is 15.3 Å². The summed E-state index contributed by atoms with van der Waals surface area (Å²) in [7, 11) is 0. The molecule has 1 saturated heterocycles. The van der Waals surface area contributed by atoms with Crippen LogP contribution in [-0.2, 0) is 14.4 Å². The molecule has 2 aliphatic rings. The Labute approximate surface area is 124 Å². The summed E-state index contributed by atoms with van der Waals surface area (Å²) in [4.78, 5) is 36.8. The molecule has 0 radical (unpaired) electrons. The van der Waals surface area contributed by atoms with Crippen LogP contribution in [0.2, 0.25) is 0 Å². The Kier molecular flexibility index (Phi) is 5.59. The third kappa shape index (κ3) is 4.44. The number of hydrogen-bond donors (Lipinski definition) is 2. The number of carboxylic acids is 1. The molecule has 0 aromatic carbocycles. The summed E-state index contributed by atoms with van der Waals surface area (Å²) in [6.45, 7) is 0.681. The van der Waals surface area contributed by atoms with E-state index in [0.29, 0.717) is 25.8 Å². The van der Waals surface area contributed by atoms with Crippen molar-refractivity contribution in [3.63, 3.8) is 0 Å². The van der Waals surface area contributed by atoms with Crippen LogP contribution in [0.25, 0.3) is 0 Å². The molecule has 0 spiro atoms. The second kappa shape index (κ2) is 7.43. The molecule has 2 amide bonds. The smallest absolute Gasteiger partial charge is 0.308 e. The van der Waals surface area contributed by atoms with Gasteiger partial charge in [0.2, 0.25) is 11.8 Å². The summed E-state index contributed by atoms with van der Waals surface area (Å²) in [5.41, 5.74) is 0. The van der Waals surface area contributed by atoms with Crippen molar-refractivity contribution < 1.29 is 19.5 Å². The molecule has 2 rings (SSSR count). The lowest BCUT2D eigenvalue weighted by Crippen LogP contribution is -2.46. The third-order valence-corrected chi connectivity index (χ3v) is 4.44. The normalized spacial score (nSPS) is 27.0. The first-order valence-electron chi connectivity index (χ1n) is 7.88. The van der Waals surface area contributed by atoms with E-state index in [1.54, 1.807) is 4.90 Å². The van der Waals surface area contributed by atoms with E-state index < -0.39 is 11.9 Å². The van der Waals surface area contributed by atoms with Crippen LogP contribution >= 0.6 is 0 Å². The van der Waals surface area contributed by atoms with E-state index in [9.17, 15) is 14.4 Å². The molecule has 2 atom stereocenters. The van der Waals surface area contributed by atoms with E-state index in [0.717, 1.165) is 32.1 Å². The summed E-state index contributed by atoms with van der Waals surface area (Å²) < 4.78 is 0. The molecule has 1 aliphatic carbocycles. The fourth-order valence-electron chi connectivity index (χ4n) is 3.24. The molecular weight excluding hydrogens is 272 g/mol. The van der Waals surface area contributed by atoms with Crippen molar-refractivity contribution in [3.05, 3.63) is 0 Å². The van der Waals surface area contributed by atoms with Crippen LogP contribution in [0.15, 0.2) is 0 Å². The number of amides is 2. The first-order chi connectivity index (χ1) is 10.1. The monoisotopic (exact) mass is 296 g/mol. The first kappa shape index (κ1) is 15.8. The van der Waals surface area contributed by atoms with Crippen LogP contribution < -0.4 is 5.32 Å². The van der Waals surface area contributed by atoms with E-state index in [2.05, 4.69) is 5.32 Å². The SMILES string of the molecule is O=C(CN1CCCCCCC1=O)N[C@H]1CCC[C@H]1C(=O)O. The van der Waals surface area contributed by atoms with Crippen molar-refractivity contribution in [2.75, 3.05) is 13.1 Å². The number of hydrogen-bond acceptors (Lipinski definition) is 3. The molecule has 6 nitrogen and oxygen atoms in total. The first-order valence-corrected chi connectivity index (χ1v) is 7.88. The van der Waals surface area contributed by atoms with Crippen molar-refractivity contribution in [1.82, 2.24) is 10.2 Å². The minimum absolute atomic E-state index is 0.0334. The van der Waals surface area contributed by atoms with E-state index in [-0.39, 0.29) is 24.4 Å². The third-order valence-electron chi connectivity index (χ3n) is 4.44. The molecule has 2 fully saturated rings. The number of carbonyl (C=O) groups excluding carboxylic acids is 2. The molecule has 0 unspecified atom stereocenters. The summed E-state index contributed by atoms with van der Waals surface area (Å²) in [5.74, 6) is -1.54. The largest absolute Gasteiger partial charge is 0.481 e. The van der Waals surface area contributed by atoms with E-state index in [1.807, 2.05) is 0 Å². The van der Waals surface area contributed by atoms with E-state index >= 15 is 0 Å². The molecule has 0 aromatic rings. The van der Waals surface area contributed by atoms with Crippen molar-refractivity contribution in [3.8, 4) is 0 Å². The predicted molar refractivity (Wildman–Crippen MR) is 76.6 cm³/mol.